The number of carbonyl (C=O) groups excluding carboxylic acids is 1. The predicted molar refractivity (Wildman–Crippen MR) is 129 cm³/mol. The van der Waals surface area contributed by atoms with Crippen LogP contribution < -0.4 is 10.1 Å². The summed E-state index contributed by atoms with van der Waals surface area (Å²) in [6, 6.07) is 9.58. The van der Waals surface area contributed by atoms with Gasteiger partial charge in [0.25, 0.3) is 0 Å². The van der Waals surface area contributed by atoms with E-state index in [4.69, 9.17) is 9.57 Å². The molecular formula is C25H35N3O5S. The minimum absolute atomic E-state index is 0.0204. The highest BCUT2D eigenvalue weighted by molar-refractivity contribution is 7.91. The molecule has 9 heteroatoms. The van der Waals surface area contributed by atoms with Crippen LogP contribution in [0, 0.1) is 0 Å². The van der Waals surface area contributed by atoms with Gasteiger partial charge in [0, 0.05) is 25.7 Å². The van der Waals surface area contributed by atoms with Gasteiger partial charge in [-0.05, 0) is 75.6 Å². The average Bonchev–Trinajstić information content (AvgIpc) is 2.78. The number of hydrogen-bond acceptors (Lipinski definition) is 7. The summed E-state index contributed by atoms with van der Waals surface area (Å²) >= 11 is 0. The Bertz CT molecular complexity index is 1080. The number of carbonyl (C=O) groups is 1. The summed E-state index contributed by atoms with van der Waals surface area (Å²) in [6.07, 6.45) is 5.35. The van der Waals surface area contributed by atoms with Crippen LogP contribution in [0.5, 0.6) is 5.75 Å². The number of rotatable bonds is 8. The summed E-state index contributed by atoms with van der Waals surface area (Å²) in [5.74, 6) is 0.515. The van der Waals surface area contributed by atoms with Crippen LogP contribution in [0.1, 0.15) is 58.9 Å². The first-order valence-electron chi connectivity index (χ1n) is 11.6. The molecule has 1 heterocycles. The Labute approximate surface area is 202 Å². The van der Waals surface area contributed by atoms with Crippen LogP contribution in [0.25, 0.3) is 0 Å². The van der Waals surface area contributed by atoms with E-state index in [2.05, 4.69) is 10.3 Å². The number of methoxy groups -OCH3 is 1. The number of hydrogen-bond donors (Lipinski definition) is 1. The topological polar surface area (TPSA) is 97.8 Å². The Kier molecular flexibility index (Phi) is 8.33. The average molecular weight is 490 g/mol. The lowest BCUT2D eigenvalue weighted by Gasteiger charge is -2.42. The van der Waals surface area contributed by atoms with Crippen LogP contribution in [-0.4, -0.2) is 49.2 Å². The SMILES string of the molecule is COc1ccc(S(=O)(=O)c2cc(CN(OC(C)(C)C)[C@@H]3CCCCC3NC(C)=O)ccn2)cc1. The molecule has 0 radical (unpaired) electrons. The molecule has 2 atom stereocenters. The second-order valence-electron chi connectivity index (χ2n) is 9.62. The third kappa shape index (κ3) is 6.77. The summed E-state index contributed by atoms with van der Waals surface area (Å²) in [4.78, 5) is 22.4. The van der Waals surface area contributed by atoms with E-state index in [0.717, 1.165) is 31.2 Å². The van der Waals surface area contributed by atoms with Gasteiger partial charge in [-0.15, -0.1) is 0 Å². The van der Waals surface area contributed by atoms with Crippen LogP contribution in [0.15, 0.2) is 52.5 Å². The number of nitrogens with one attached hydrogen (secondary N) is 1. The Morgan fingerprint density at radius 1 is 1.15 bits per heavy atom. The van der Waals surface area contributed by atoms with Crippen LogP contribution in [0.4, 0.5) is 0 Å². The molecule has 34 heavy (non-hydrogen) atoms. The minimum Gasteiger partial charge on any atom is -0.497 e. The molecule has 8 nitrogen and oxygen atoms in total. The maximum Gasteiger partial charge on any atom is 0.223 e. The number of hydroxylamine groups is 2. The number of nitrogens with zero attached hydrogens (tertiary/aromatic N) is 2. The number of pyridine rings is 1. The largest absolute Gasteiger partial charge is 0.497 e. The maximum absolute atomic E-state index is 13.2. The third-order valence-corrected chi connectivity index (χ3v) is 7.33. The molecule has 0 saturated heterocycles. The smallest absolute Gasteiger partial charge is 0.223 e. The zero-order valence-electron chi connectivity index (χ0n) is 20.6. The summed E-state index contributed by atoms with van der Waals surface area (Å²) in [7, 11) is -2.26. The molecule has 1 amide bonds. The standard InChI is InChI=1S/C25H35N3O5S/c1-18(29)27-22-8-6-7-9-23(22)28(33-25(2,3)4)17-19-14-15-26-24(16-19)34(30,31)21-12-10-20(32-5)11-13-21/h10-16,22-23H,6-9,17H2,1-5H3,(H,27,29)/t22?,23-/m1/s1. The first kappa shape index (κ1) is 26.1. The highest BCUT2D eigenvalue weighted by Crippen LogP contribution is 2.28. The molecule has 0 spiro atoms. The second kappa shape index (κ2) is 10.8. The molecule has 2 aromatic rings. The number of benzene rings is 1. The third-order valence-electron chi connectivity index (χ3n) is 5.66. The van der Waals surface area contributed by atoms with Gasteiger partial charge in [-0.25, -0.2) is 13.4 Å². The summed E-state index contributed by atoms with van der Waals surface area (Å²) < 4.78 is 31.5. The van der Waals surface area contributed by atoms with Gasteiger partial charge in [0.2, 0.25) is 15.7 Å². The molecule has 1 saturated carbocycles. The van der Waals surface area contributed by atoms with E-state index < -0.39 is 15.4 Å². The highest BCUT2D eigenvalue weighted by Gasteiger charge is 2.34. The van der Waals surface area contributed by atoms with Crippen molar-refractivity contribution in [3.63, 3.8) is 0 Å². The van der Waals surface area contributed by atoms with Gasteiger partial charge in [-0.3, -0.25) is 9.63 Å². The van der Waals surface area contributed by atoms with Crippen LogP contribution in [-0.2, 0) is 26.0 Å². The number of ether oxygens (including phenoxy) is 1. The van der Waals surface area contributed by atoms with Gasteiger partial charge in [0.1, 0.15) is 5.75 Å². The molecule has 1 aromatic carbocycles. The summed E-state index contributed by atoms with van der Waals surface area (Å²) in [5, 5.41) is 4.95. The van der Waals surface area contributed by atoms with Crippen molar-refractivity contribution >= 4 is 15.7 Å². The quantitative estimate of drug-likeness (QED) is 0.562. The Morgan fingerprint density at radius 2 is 1.82 bits per heavy atom. The van der Waals surface area contributed by atoms with E-state index in [-0.39, 0.29) is 27.9 Å². The van der Waals surface area contributed by atoms with E-state index in [1.54, 1.807) is 24.3 Å². The molecule has 1 aliphatic rings. The van der Waals surface area contributed by atoms with Gasteiger partial charge in [-0.1, -0.05) is 12.8 Å². The zero-order chi connectivity index (χ0) is 24.9. The number of sulfone groups is 1. The zero-order valence-corrected chi connectivity index (χ0v) is 21.4. The van der Waals surface area contributed by atoms with Crippen molar-refractivity contribution in [3.8, 4) is 5.75 Å². The maximum atomic E-state index is 13.2. The van der Waals surface area contributed by atoms with E-state index in [1.807, 2.05) is 25.8 Å². The summed E-state index contributed by atoms with van der Waals surface area (Å²) in [6.45, 7) is 7.82. The first-order chi connectivity index (χ1) is 16.0. The first-order valence-corrected chi connectivity index (χ1v) is 13.0. The van der Waals surface area contributed by atoms with Crippen molar-refractivity contribution in [1.29, 1.82) is 0 Å². The fraction of sp³-hybridized carbons (Fsp3) is 0.520. The van der Waals surface area contributed by atoms with Crippen molar-refractivity contribution in [2.45, 2.75) is 87.5 Å². The molecule has 0 bridgehead atoms. The number of amides is 1. The molecular weight excluding hydrogens is 454 g/mol. The van der Waals surface area contributed by atoms with Gasteiger partial charge < -0.3 is 10.1 Å². The lowest BCUT2D eigenvalue weighted by molar-refractivity contribution is -0.263. The van der Waals surface area contributed by atoms with Gasteiger partial charge in [-0.2, -0.15) is 5.06 Å². The molecule has 1 aliphatic carbocycles. The normalized spacial score (nSPS) is 19.1. The number of aromatic nitrogens is 1. The van der Waals surface area contributed by atoms with E-state index in [9.17, 15) is 13.2 Å². The lowest BCUT2D eigenvalue weighted by atomic mass is 9.89. The van der Waals surface area contributed by atoms with Gasteiger partial charge in [0.15, 0.2) is 5.03 Å². The second-order valence-corrected chi connectivity index (χ2v) is 11.5. The van der Waals surface area contributed by atoms with Crippen molar-refractivity contribution < 1.29 is 22.8 Å². The predicted octanol–water partition coefficient (Wildman–Crippen LogP) is 3.90. The van der Waals surface area contributed by atoms with Crippen molar-refractivity contribution in [3.05, 3.63) is 48.2 Å². The fourth-order valence-electron chi connectivity index (χ4n) is 4.21. The summed E-state index contributed by atoms with van der Waals surface area (Å²) in [5.41, 5.74) is 0.307. The van der Waals surface area contributed by atoms with Gasteiger partial charge >= 0.3 is 0 Å². The van der Waals surface area contributed by atoms with Crippen LogP contribution in [0.2, 0.25) is 0 Å². The molecule has 186 valence electrons. The molecule has 3 rings (SSSR count). The molecule has 1 aromatic heterocycles. The van der Waals surface area contributed by atoms with Crippen molar-refractivity contribution in [1.82, 2.24) is 15.4 Å². The molecule has 1 unspecified atom stereocenters. The highest BCUT2D eigenvalue weighted by atomic mass is 32.2. The lowest BCUT2D eigenvalue weighted by Crippen LogP contribution is -2.54. The van der Waals surface area contributed by atoms with Gasteiger partial charge in [0.05, 0.1) is 23.6 Å². The monoisotopic (exact) mass is 489 g/mol. The molecule has 1 fully saturated rings. The Balaban J connectivity index is 1.89. The Hall–Kier alpha value is -2.49. The van der Waals surface area contributed by atoms with E-state index in [0.29, 0.717) is 12.3 Å². The Morgan fingerprint density at radius 3 is 2.44 bits per heavy atom. The molecule has 0 aliphatic heterocycles. The minimum atomic E-state index is -3.79. The van der Waals surface area contributed by atoms with Crippen molar-refractivity contribution in [2.24, 2.45) is 0 Å². The molecule has 1 N–H and O–H groups in total. The van der Waals surface area contributed by atoms with Crippen LogP contribution >= 0.6 is 0 Å². The van der Waals surface area contributed by atoms with E-state index >= 15 is 0 Å². The van der Waals surface area contributed by atoms with Crippen molar-refractivity contribution in [2.75, 3.05) is 7.11 Å². The fourth-order valence-corrected chi connectivity index (χ4v) is 5.45. The van der Waals surface area contributed by atoms with Crippen LogP contribution in [0.3, 0.4) is 0 Å². The van der Waals surface area contributed by atoms with E-state index in [1.165, 1.54) is 32.4 Å².